The van der Waals surface area contributed by atoms with E-state index in [0.717, 1.165) is 25.7 Å². The summed E-state index contributed by atoms with van der Waals surface area (Å²) in [6, 6.07) is 20.7. The van der Waals surface area contributed by atoms with Crippen molar-refractivity contribution in [2.75, 3.05) is 0 Å². The van der Waals surface area contributed by atoms with Gasteiger partial charge in [0.1, 0.15) is 6.10 Å². The molecule has 1 fully saturated rings. The van der Waals surface area contributed by atoms with Crippen molar-refractivity contribution in [2.24, 2.45) is 5.92 Å². The Hall–Kier alpha value is -2.09. The van der Waals surface area contributed by atoms with Gasteiger partial charge in [-0.1, -0.05) is 60.7 Å². The number of carbonyl (C=O) groups is 1. The first-order chi connectivity index (χ1) is 10.3. The summed E-state index contributed by atoms with van der Waals surface area (Å²) in [7, 11) is 0. The molecule has 0 spiro atoms. The molecule has 2 heteroatoms. The molecule has 0 radical (unpaired) electrons. The highest BCUT2D eigenvalue weighted by Crippen LogP contribution is 2.30. The van der Waals surface area contributed by atoms with Crippen molar-refractivity contribution < 1.29 is 9.53 Å². The van der Waals surface area contributed by atoms with E-state index >= 15 is 0 Å². The molecular formula is C19H20O2. The van der Waals surface area contributed by atoms with Gasteiger partial charge in [-0.05, 0) is 36.8 Å². The van der Waals surface area contributed by atoms with Crippen LogP contribution >= 0.6 is 0 Å². The normalized spacial score (nSPS) is 20.7. The van der Waals surface area contributed by atoms with Gasteiger partial charge in [0.15, 0.2) is 0 Å². The molecule has 1 saturated heterocycles. The van der Waals surface area contributed by atoms with Gasteiger partial charge in [0.25, 0.3) is 0 Å². The minimum Gasteiger partial charge on any atom is -0.461 e. The van der Waals surface area contributed by atoms with Gasteiger partial charge in [0.05, 0.1) is 5.92 Å². The first-order valence-electron chi connectivity index (χ1n) is 7.61. The van der Waals surface area contributed by atoms with Crippen molar-refractivity contribution in [3.8, 4) is 0 Å². The summed E-state index contributed by atoms with van der Waals surface area (Å²) in [4.78, 5) is 11.7. The molecule has 0 saturated carbocycles. The fourth-order valence-corrected chi connectivity index (χ4v) is 2.88. The van der Waals surface area contributed by atoms with E-state index in [9.17, 15) is 4.79 Å². The Morgan fingerprint density at radius 1 is 0.762 bits per heavy atom. The lowest BCUT2D eigenvalue weighted by Gasteiger charge is -2.35. The SMILES string of the molecule is O=C1O[C@H](CCc2ccccc2)[C@H]1CCc1ccccc1. The van der Waals surface area contributed by atoms with Crippen molar-refractivity contribution >= 4 is 5.97 Å². The third-order valence-corrected chi connectivity index (χ3v) is 4.17. The van der Waals surface area contributed by atoms with Crippen LogP contribution in [0.4, 0.5) is 0 Å². The Bertz CT molecular complexity index is 577. The zero-order valence-corrected chi connectivity index (χ0v) is 12.1. The number of rotatable bonds is 6. The van der Waals surface area contributed by atoms with Gasteiger partial charge in [-0.2, -0.15) is 0 Å². The quantitative estimate of drug-likeness (QED) is 0.752. The number of hydrogen-bond donors (Lipinski definition) is 0. The molecule has 3 rings (SSSR count). The minimum absolute atomic E-state index is 0.0241. The van der Waals surface area contributed by atoms with Gasteiger partial charge in [0, 0.05) is 0 Å². The van der Waals surface area contributed by atoms with Crippen molar-refractivity contribution in [2.45, 2.75) is 31.8 Å². The second-order valence-corrected chi connectivity index (χ2v) is 5.63. The van der Waals surface area contributed by atoms with Gasteiger partial charge in [-0.25, -0.2) is 0 Å². The number of aryl methyl sites for hydroxylation is 2. The molecule has 108 valence electrons. The Morgan fingerprint density at radius 2 is 1.29 bits per heavy atom. The summed E-state index contributed by atoms with van der Waals surface area (Å²) in [5.41, 5.74) is 2.60. The average Bonchev–Trinajstić information content (AvgIpc) is 2.53. The van der Waals surface area contributed by atoms with Crippen LogP contribution in [0.25, 0.3) is 0 Å². The molecule has 0 unspecified atom stereocenters. The maximum atomic E-state index is 11.7. The van der Waals surface area contributed by atoms with E-state index < -0.39 is 0 Å². The summed E-state index contributed by atoms with van der Waals surface area (Å²) in [6.45, 7) is 0. The predicted molar refractivity (Wildman–Crippen MR) is 82.9 cm³/mol. The number of cyclic esters (lactones) is 1. The number of ether oxygens (including phenoxy) is 1. The summed E-state index contributed by atoms with van der Waals surface area (Å²) < 4.78 is 5.32. The third-order valence-electron chi connectivity index (χ3n) is 4.17. The Labute approximate surface area is 125 Å². The van der Waals surface area contributed by atoms with Crippen molar-refractivity contribution in [1.82, 2.24) is 0 Å². The lowest BCUT2D eigenvalue weighted by atomic mass is 9.87. The van der Waals surface area contributed by atoms with Gasteiger partial charge in [-0.15, -0.1) is 0 Å². The van der Waals surface area contributed by atoms with E-state index in [4.69, 9.17) is 4.74 Å². The number of benzene rings is 2. The fraction of sp³-hybridized carbons (Fsp3) is 0.316. The van der Waals surface area contributed by atoms with E-state index in [2.05, 4.69) is 36.4 Å². The van der Waals surface area contributed by atoms with E-state index in [1.54, 1.807) is 0 Å². The zero-order chi connectivity index (χ0) is 14.5. The maximum absolute atomic E-state index is 11.7. The van der Waals surface area contributed by atoms with Crippen molar-refractivity contribution in [3.05, 3.63) is 71.8 Å². The Morgan fingerprint density at radius 3 is 1.81 bits per heavy atom. The highest BCUT2D eigenvalue weighted by atomic mass is 16.6. The summed E-state index contributed by atoms with van der Waals surface area (Å²) in [5.74, 6) is 0.0536. The summed E-state index contributed by atoms with van der Waals surface area (Å²) in [6.07, 6.45) is 3.84. The van der Waals surface area contributed by atoms with Crippen molar-refractivity contribution in [1.29, 1.82) is 0 Å². The molecule has 2 nitrogen and oxygen atoms in total. The molecule has 1 heterocycles. The third kappa shape index (κ3) is 3.52. The highest BCUT2D eigenvalue weighted by molar-refractivity contribution is 5.78. The topological polar surface area (TPSA) is 26.3 Å². The molecule has 2 aromatic rings. The standard InChI is InChI=1S/C19H20O2/c20-19-17(13-11-15-7-3-1-4-8-15)18(21-19)14-12-16-9-5-2-6-10-16/h1-10,17-18H,11-14H2/t17-,18-/m1/s1. The number of esters is 1. The van der Waals surface area contributed by atoms with Crippen LogP contribution in [0.5, 0.6) is 0 Å². The zero-order valence-electron chi connectivity index (χ0n) is 12.1. The van der Waals surface area contributed by atoms with E-state index in [1.807, 2.05) is 24.3 Å². The van der Waals surface area contributed by atoms with Crippen LogP contribution in [0.2, 0.25) is 0 Å². The molecule has 0 aliphatic carbocycles. The van der Waals surface area contributed by atoms with E-state index in [1.165, 1.54) is 11.1 Å². The van der Waals surface area contributed by atoms with Gasteiger partial charge < -0.3 is 4.74 Å². The fourth-order valence-electron chi connectivity index (χ4n) is 2.88. The molecule has 1 aliphatic heterocycles. The first-order valence-corrected chi connectivity index (χ1v) is 7.61. The van der Waals surface area contributed by atoms with Crippen molar-refractivity contribution in [3.63, 3.8) is 0 Å². The monoisotopic (exact) mass is 280 g/mol. The Balaban J connectivity index is 1.49. The van der Waals surface area contributed by atoms with Crippen LogP contribution in [-0.4, -0.2) is 12.1 Å². The average molecular weight is 280 g/mol. The van der Waals surface area contributed by atoms with Crippen LogP contribution in [0, 0.1) is 5.92 Å². The smallest absolute Gasteiger partial charge is 0.313 e. The largest absolute Gasteiger partial charge is 0.461 e. The maximum Gasteiger partial charge on any atom is 0.313 e. The molecule has 0 amide bonds. The molecule has 21 heavy (non-hydrogen) atoms. The van der Waals surface area contributed by atoms with Crippen LogP contribution in [-0.2, 0) is 22.4 Å². The molecule has 0 N–H and O–H groups in total. The molecule has 0 aromatic heterocycles. The predicted octanol–water partition coefficient (Wildman–Crippen LogP) is 3.79. The van der Waals surface area contributed by atoms with Gasteiger partial charge >= 0.3 is 5.97 Å². The van der Waals surface area contributed by atoms with Crippen LogP contribution in [0.1, 0.15) is 24.0 Å². The lowest BCUT2D eigenvalue weighted by Crippen LogP contribution is -2.45. The summed E-state index contributed by atoms with van der Waals surface area (Å²) >= 11 is 0. The lowest BCUT2D eigenvalue weighted by molar-refractivity contribution is -0.185. The molecule has 2 aromatic carbocycles. The molecule has 2 atom stereocenters. The second kappa shape index (κ2) is 6.57. The van der Waals surface area contributed by atoms with Crippen LogP contribution in [0.15, 0.2) is 60.7 Å². The first kappa shape index (κ1) is 13.9. The Kier molecular flexibility index (Phi) is 4.34. The molecule has 1 aliphatic rings. The summed E-state index contributed by atoms with van der Waals surface area (Å²) in [5, 5.41) is 0. The number of carbonyl (C=O) groups excluding carboxylic acids is 1. The number of hydrogen-bond acceptors (Lipinski definition) is 2. The van der Waals surface area contributed by atoms with E-state index in [0.29, 0.717) is 0 Å². The molecular weight excluding hydrogens is 260 g/mol. The highest BCUT2D eigenvalue weighted by Gasteiger charge is 2.41. The minimum atomic E-state index is -0.0241. The van der Waals surface area contributed by atoms with Crippen LogP contribution in [0.3, 0.4) is 0 Å². The van der Waals surface area contributed by atoms with Gasteiger partial charge in [-0.3, -0.25) is 4.79 Å². The second-order valence-electron chi connectivity index (χ2n) is 5.63. The molecule has 0 bridgehead atoms. The van der Waals surface area contributed by atoms with Gasteiger partial charge in [0.2, 0.25) is 0 Å². The van der Waals surface area contributed by atoms with E-state index in [-0.39, 0.29) is 18.0 Å². The van der Waals surface area contributed by atoms with Crippen LogP contribution < -0.4 is 0 Å².